The summed E-state index contributed by atoms with van der Waals surface area (Å²) in [6.45, 7) is 10.9. The normalized spacial score (nSPS) is 29.4. The maximum atomic E-state index is 5.75. The van der Waals surface area contributed by atoms with Gasteiger partial charge in [0.2, 0.25) is 0 Å². The van der Waals surface area contributed by atoms with E-state index in [1.54, 1.807) is 0 Å². The molecule has 0 bridgehead atoms. The van der Waals surface area contributed by atoms with Gasteiger partial charge in [0, 0.05) is 7.11 Å². The van der Waals surface area contributed by atoms with E-state index in [0.29, 0.717) is 0 Å². The summed E-state index contributed by atoms with van der Waals surface area (Å²) in [5.74, 6) is 1.59. The van der Waals surface area contributed by atoms with Crippen LogP contribution in [0.25, 0.3) is 0 Å². The van der Waals surface area contributed by atoms with Gasteiger partial charge in [0.15, 0.2) is 0 Å². The zero-order valence-corrected chi connectivity index (χ0v) is 11.6. The van der Waals surface area contributed by atoms with Crippen LogP contribution in [0.3, 0.4) is 0 Å². The van der Waals surface area contributed by atoms with Gasteiger partial charge in [-0.2, -0.15) is 0 Å². The van der Waals surface area contributed by atoms with E-state index in [1.807, 2.05) is 21.0 Å². The molecule has 1 aliphatic carbocycles. The predicted molar refractivity (Wildman–Crippen MR) is 68.2 cm³/mol. The number of methoxy groups -OCH3 is 1. The molecule has 0 spiro atoms. The van der Waals surface area contributed by atoms with E-state index in [2.05, 4.69) is 20.8 Å². The van der Waals surface area contributed by atoms with Crippen LogP contribution in [0.4, 0.5) is 0 Å². The summed E-state index contributed by atoms with van der Waals surface area (Å²) in [4.78, 5) is 0. The molecule has 1 rings (SSSR count). The van der Waals surface area contributed by atoms with Crippen LogP contribution in [-0.4, -0.2) is 12.7 Å². The van der Waals surface area contributed by atoms with Crippen molar-refractivity contribution >= 4 is 0 Å². The maximum absolute atomic E-state index is 5.75. The molecule has 1 nitrogen and oxygen atoms in total. The summed E-state index contributed by atoms with van der Waals surface area (Å²) in [5, 5.41) is 0. The first-order valence-corrected chi connectivity index (χ1v) is 6.71. The van der Waals surface area contributed by atoms with Crippen LogP contribution in [-0.2, 0) is 4.74 Å². The van der Waals surface area contributed by atoms with E-state index in [0.717, 1.165) is 11.8 Å². The summed E-state index contributed by atoms with van der Waals surface area (Å²) in [5.41, 5.74) is 0.254. The minimum absolute atomic E-state index is 0.254. The van der Waals surface area contributed by atoms with Crippen molar-refractivity contribution in [3.8, 4) is 0 Å². The SMILES string of the molecule is CC.CCCCC1(OC)CCC1C(C)C. The second kappa shape index (κ2) is 7.27. The maximum Gasteiger partial charge on any atom is 0.0709 e. The molecule has 1 saturated carbocycles. The highest BCUT2D eigenvalue weighted by molar-refractivity contribution is 4.98. The van der Waals surface area contributed by atoms with Crippen molar-refractivity contribution in [3.63, 3.8) is 0 Å². The second-order valence-corrected chi connectivity index (χ2v) is 4.76. The number of rotatable bonds is 5. The molecule has 0 amide bonds. The van der Waals surface area contributed by atoms with Gasteiger partial charge in [-0.3, -0.25) is 0 Å². The molecule has 0 aromatic heterocycles. The molecule has 0 heterocycles. The molecular formula is C14H30O. The van der Waals surface area contributed by atoms with Crippen LogP contribution in [0.1, 0.15) is 66.7 Å². The monoisotopic (exact) mass is 214 g/mol. The Hall–Kier alpha value is -0.0400. The molecule has 0 saturated heterocycles. The van der Waals surface area contributed by atoms with Gasteiger partial charge in [-0.25, -0.2) is 0 Å². The highest BCUT2D eigenvalue weighted by Crippen LogP contribution is 2.48. The van der Waals surface area contributed by atoms with Crippen molar-refractivity contribution in [1.29, 1.82) is 0 Å². The van der Waals surface area contributed by atoms with E-state index < -0.39 is 0 Å². The van der Waals surface area contributed by atoms with Crippen molar-refractivity contribution in [2.75, 3.05) is 7.11 Å². The smallest absolute Gasteiger partial charge is 0.0709 e. The van der Waals surface area contributed by atoms with Crippen molar-refractivity contribution < 1.29 is 4.74 Å². The van der Waals surface area contributed by atoms with Crippen LogP contribution in [0.2, 0.25) is 0 Å². The lowest BCUT2D eigenvalue weighted by molar-refractivity contribution is -0.145. The summed E-state index contributed by atoms with van der Waals surface area (Å²) < 4.78 is 5.75. The fraction of sp³-hybridized carbons (Fsp3) is 1.00. The second-order valence-electron chi connectivity index (χ2n) is 4.76. The van der Waals surface area contributed by atoms with Gasteiger partial charge < -0.3 is 4.74 Å². The van der Waals surface area contributed by atoms with E-state index >= 15 is 0 Å². The van der Waals surface area contributed by atoms with Crippen LogP contribution < -0.4 is 0 Å². The zero-order valence-electron chi connectivity index (χ0n) is 11.6. The third-order valence-electron chi connectivity index (χ3n) is 3.72. The predicted octanol–water partition coefficient (Wildman–Crippen LogP) is 4.65. The average molecular weight is 214 g/mol. The van der Waals surface area contributed by atoms with E-state index in [9.17, 15) is 0 Å². The lowest BCUT2D eigenvalue weighted by atomic mass is 9.62. The van der Waals surface area contributed by atoms with Gasteiger partial charge in [0.25, 0.3) is 0 Å². The average Bonchev–Trinajstić information content (AvgIpc) is 2.20. The molecule has 1 heteroatoms. The molecule has 15 heavy (non-hydrogen) atoms. The van der Waals surface area contributed by atoms with E-state index in [-0.39, 0.29) is 5.60 Å². The number of unbranched alkanes of at least 4 members (excludes halogenated alkanes) is 1. The molecule has 1 fully saturated rings. The number of hydrogen-bond acceptors (Lipinski definition) is 1. The van der Waals surface area contributed by atoms with Gasteiger partial charge in [-0.15, -0.1) is 0 Å². The molecule has 0 aliphatic heterocycles. The van der Waals surface area contributed by atoms with Gasteiger partial charge >= 0.3 is 0 Å². The Balaban J connectivity index is 0.000000921. The fourth-order valence-electron chi connectivity index (χ4n) is 2.72. The van der Waals surface area contributed by atoms with Crippen molar-refractivity contribution in [2.45, 2.75) is 72.3 Å². The van der Waals surface area contributed by atoms with Crippen molar-refractivity contribution in [2.24, 2.45) is 11.8 Å². The largest absolute Gasteiger partial charge is 0.378 e. The third kappa shape index (κ3) is 3.48. The Morgan fingerprint density at radius 1 is 1.33 bits per heavy atom. The molecule has 0 aromatic rings. The first kappa shape index (κ1) is 15.0. The molecule has 2 unspecified atom stereocenters. The zero-order chi connectivity index (χ0) is 11.9. The molecule has 1 aliphatic rings. The number of hydrogen-bond donors (Lipinski definition) is 0. The van der Waals surface area contributed by atoms with Crippen LogP contribution >= 0.6 is 0 Å². The summed E-state index contributed by atoms with van der Waals surface area (Å²) >= 11 is 0. The summed E-state index contributed by atoms with van der Waals surface area (Å²) in [7, 11) is 1.89. The highest BCUT2D eigenvalue weighted by Gasteiger charge is 2.47. The molecule has 0 radical (unpaired) electrons. The van der Waals surface area contributed by atoms with Crippen molar-refractivity contribution in [1.82, 2.24) is 0 Å². The fourth-order valence-corrected chi connectivity index (χ4v) is 2.72. The van der Waals surface area contributed by atoms with Crippen molar-refractivity contribution in [3.05, 3.63) is 0 Å². The number of ether oxygens (including phenoxy) is 1. The molecule has 0 N–H and O–H groups in total. The van der Waals surface area contributed by atoms with Crippen LogP contribution in [0.15, 0.2) is 0 Å². The first-order valence-electron chi connectivity index (χ1n) is 6.71. The lowest BCUT2D eigenvalue weighted by Crippen LogP contribution is -2.51. The van der Waals surface area contributed by atoms with Crippen LogP contribution in [0.5, 0.6) is 0 Å². The molecule has 0 aromatic carbocycles. The lowest BCUT2D eigenvalue weighted by Gasteiger charge is -2.51. The topological polar surface area (TPSA) is 9.23 Å². The minimum Gasteiger partial charge on any atom is -0.378 e. The standard InChI is InChI=1S/C12H24O.C2H6/c1-5-6-8-12(13-4)9-7-11(12)10(2)3;1-2/h10-11H,5-9H2,1-4H3;1-2H3. The Bertz CT molecular complexity index is 149. The van der Waals surface area contributed by atoms with Gasteiger partial charge in [0.1, 0.15) is 0 Å². The summed E-state index contributed by atoms with van der Waals surface area (Å²) in [6, 6.07) is 0. The van der Waals surface area contributed by atoms with Gasteiger partial charge in [0.05, 0.1) is 5.60 Å². The first-order chi connectivity index (χ1) is 7.16. The Morgan fingerprint density at radius 2 is 1.93 bits per heavy atom. The Morgan fingerprint density at radius 3 is 2.20 bits per heavy atom. The Labute approximate surface area is 96.6 Å². The minimum atomic E-state index is 0.254. The van der Waals surface area contributed by atoms with Gasteiger partial charge in [-0.1, -0.05) is 47.5 Å². The summed E-state index contributed by atoms with van der Waals surface area (Å²) in [6.07, 6.45) is 6.53. The molecule has 2 atom stereocenters. The highest BCUT2D eigenvalue weighted by atomic mass is 16.5. The molecular weight excluding hydrogens is 184 g/mol. The van der Waals surface area contributed by atoms with E-state index in [1.165, 1.54) is 32.1 Å². The van der Waals surface area contributed by atoms with Gasteiger partial charge in [-0.05, 0) is 31.1 Å². The quantitative estimate of drug-likeness (QED) is 0.647. The molecule has 92 valence electrons. The van der Waals surface area contributed by atoms with E-state index in [4.69, 9.17) is 4.74 Å². The Kier molecular flexibility index (Phi) is 7.25. The third-order valence-corrected chi connectivity index (χ3v) is 3.72. The van der Waals surface area contributed by atoms with Crippen LogP contribution in [0, 0.1) is 11.8 Å².